The van der Waals surface area contributed by atoms with E-state index in [1.807, 2.05) is 18.2 Å². The van der Waals surface area contributed by atoms with E-state index in [1.165, 1.54) is 11.8 Å². The van der Waals surface area contributed by atoms with Crippen molar-refractivity contribution in [2.45, 2.75) is 51.0 Å². The summed E-state index contributed by atoms with van der Waals surface area (Å²) in [6.45, 7) is 0.645. The van der Waals surface area contributed by atoms with Crippen molar-refractivity contribution in [2.75, 3.05) is 11.4 Å². The van der Waals surface area contributed by atoms with Gasteiger partial charge < -0.3 is 25.2 Å². The molecule has 2 aliphatic heterocycles. The Bertz CT molecular complexity index is 1110. The number of ether oxygens (including phenoxy) is 1. The molecule has 6 nitrogen and oxygen atoms in total. The Labute approximate surface area is 184 Å². The molecular weight excluding hydrogens is 418 g/mol. The van der Waals surface area contributed by atoms with Gasteiger partial charge in [-0.05, 0) is 35.4 Å². The van der Waals surface area contributed by atoms with Gasteiger partial charge in [-0.2, -0.15) is 8.78 Å². The van der Waals surface area contributed by atoms with Crippen molar-refractivity contribution < 1.29 is 28.5 Å². The topological polar surface area (TPSA) is 82.0 Å². The van der Waals surface area contributed by atoms with E-state index in [4.69, 9.17) is 4.74 Å². The molecule has 8 heteroatoms. The lowest BCUT2D eigenvalue weighted by Crippen LogP contribution is -2.30. The summed E-state index contributed by atoms with van der Waals surface area (Å²) in [6, 6.07) is 9.12. The maximum atomic E-state index is 13.5. The quantitative estimate of drug-likeness (QED) is 0.646. The largest absolute Gasteiger partial charge is 0.478 e. The predicted molar refractivity (Wildman–Crippen MR) is 115 cm³/mol. The Hall–Kier alpha value is -2.97. The number of aliphatic carboxylic acids is 1. The number of carboxylic acid groups (broad SMARTS) is 1. The Balaban J connectivity index is 1.70. The number of aliphatic hydroxyl groups excluding tert-OH is 1. The van der Waals surface area contributed by atoms with Crippen LogP contribution in [-0.4, -0.2) is 35.4 Å². The molecular formula is C24H24F2N2O4. The maximum absolute atomic E-state index is 13.5. The number of alkyl halides is 2. The highest BCUT2D eigenvalue weighted by molar-refractivity contribution is 5.93. The van der Waals surface area contributed by atoms with Crippen molar-refractivity contribution in [1.29, 1.82) is 0 Å². The van der Waals surface area contributed by atoms with E-state index in [0.717, 1.165) is 37.1 Å². The maximum Gasteiger partial charge on any atom is 0.387 e. The molecule has 32 heavy (non-hydrogen) atoms. The minimum Gasteiger partial charge on any atom is -0.478 e. The molecule has 3 N–H and O–H groups in total. The number of carbonyl (C=O) groups is 1. The summed E-state index contributed by atoms with van der Waals surface area (Å²) in [5.74, 6) is -1.00. The number of nitrogens with one attached hydrogen (secondary N) is 1. The average molecular weight is 442 g/mol. The van der Waals surface area contributed by atoms with Crippen molar-refractivity contribution in [3.05, 3.63) is 58.8 Å². The van der Waals surface area contributed by atoms with Crippen LogP contribution in [0.5, 0.6) is 5.75 Å². The van der Waals surface area contributed by atoms with Gasteiger partial charge in [-0.15, -0.1) is 0 Å². The van der Waals surface area contributed by atoms with Crippen molar-refractivity contribution in [3.8, 4) is 16.9 Å². The fraction of sp³-hybridized carbons (Fsp3) is 0.375. The van der Waals surface area contributed by atoms with Crippen molar-refractivity contribution >= 4 is 11.7 Å². The zero-order valence-corrected chi connectivity index (χ0v) is 17.5. The lowest BCUT2D eigenvalue weighted by Gasteiger charge is -2.34. The summed E-state index contributed by atoms with van der Waals surface area (Å²) in [4.78, 5) is 13.3. The van der Waals surface area contributed by atoms with Crippen LogP contribution in [0.2, 0.25) is 0 Å². The average Bonchev–Trinajstić information content (AvgIpc) is 3.59. The van der Waals surface area contributed by atoms with E-state index in [0.29, 0.717) is 11.3 Å². The summed E-state index contributed by atoms with van der Waals surface area (Å²) >= 11 is 0. The van der Waals surface area contributed by atoms with Crippen molar-refractivity contribution in [1.82, 2.24) is 5.32 Å². The van der Waals surface area contributed by atoms with Crippen LogP contribution < -0.4 is 15.0 Å². The van der Waals surface area contributed by atoms with Crippen LogP contribution in [-0.2, 0) is 11.3 Å². The summed E-state index contributed by atoms with van der Waals surface area (Å²) in [5.41, 5.74) is 3.95. The van der Waals surface area contributed by atoms with Gasteiger partial charge >= 0.3 is 12.6 Å². The molecule has 2 aromatic rings. The van der Waals surface area contributed by atoms with Crippen LogP contribution in [0.25, 0.3) is 11.1 Å². The molecule has 0 radical (unpaired) electrons. The van der Waals surface area contributed by atoms with Gasteiger partial charge in [-0.1, -0.05) is 37.3 Å². The molecule has 168 valence electrons. The van der Waals surface area contributed by atoms with E-state index >= 15 is 0 Å². The second-order valence-electron chi connectivity index (χ2n) is 8.63. The van der Waals surface area contributed by atoms with Gasteiger partial charge in [0.25, 0.3) is 0 Å². The number of anilines is 1. The standard InChI is InChI=1S/C24H24F2N2O4/c1-12-9-27-10-14-3-2-13(8-18(12)14)16-6-7-17-20(22(16)32-24(25)26)28(15-4-5-15)11-19(21(17)29)23(30)31/h2-3,6-8,11-12,15,21,24,27,29H,4-5,9-10H2,1H3,(H,30,31). The normalized spacial score (nSPS) is 22.3. The van der Waals surface area contributed by atoms with E-state index in [1.54, 1.807) is 17.0 Å². The molecule has 0 amide bonds. The highest BCUT2D eigenvalue weighted by Gasteiger charge is 2.40. The lowest BCUT2D eigenvalue weighted by atomic mass is 9.87. The number of fused-ring (bicyclic) bond motifs is 2. The molecule has 3 aliphatic rings. The minimum atomic E-state index is -3.07. The molecule has 5 rings (SSSR count). The number of carboxylic acids is 1. The third-order valence-electron chi connectivity index (χ3n) is 6.44. The molecule has 1 fully saturated rings. The molecule has 2 heterocycles. The molecule has 0 spiro atoms. The van der Waals surface area contributed by atoms with Gasteiger partial charge in [-0.3, -0.25) is 0 Å². The van der Waals surface area contributed by atoms with Crippen LogP contribution in [0, 0.1) is 0 Å². The Morgan fingerprint density at radius 2 is 2.00 bits per heavy atom. The fourth-order valence-electron chi connectivity index (χ4n) is 4.69. The van der Waals surface area contributed by atoms with E-state index < -0.39 is 18.7 Å². The zero-order chi connectivity index (χ0) is 22.6. The van der Waals surface area contributed by atoms with Crippen molar-refractivity contribution in [2.24, 2.45) is 0 Å². The molecule has 2 atom stereocenters. The Kier molecular flexibility index (Phi) is 5.14. The molecule has 2 unspecified atom stereocenters. The summed E-state index contributed by atoms with van der Waals surface area (Å²) in [7, 11) is 0. The van der Waals surface area contributed by atoms with Crippen LogP contribution in [0.3, 0.4) is 0 Å². The summed E-state index contributed by atoms with van der Waals surface area (Å²) in [6.07, 6.45) is 1.54. The third kappa shape index (κ3) is 3.53. The number of aliphatic hydroxyl groups is 1. The van der Waals surface area contributed by atoms with E-state index in [9.17, 15) is 23.8 Å². The van der Waals surface area contributed by atoms with Crippen LogP contribution in [0.15, 0.2) is 42.1 Å². The SMILES string of the molecule is CC1CNCc2ccc(-c3ccc4c(c3OC(F)F)N(C3CC3)C=C(C(=O)O)C4O)cc21. The van der Waals surface area contributed by atoms with Gasteiger partial charge in [-0.25, -0.2) is 4.79 Å². The molecule has 0 saturated heterocycles. The number of halogens is 2. The summed E-state index contributed by atoms with van der Waals surface area (Å²) < 4.78 is 32.1. The molecule has 1 aliphatic carbocycles. The Morgan fingerprint density at radius 3 is 2.69 bits per heavy atom. The van der Waals surface area contributed by atoms with Crippen molar-refractivity contribution in [3.63, 3.8) is 0 Å². The number of hydrogen-bond donors (Lipinski definition) is 3. The highest BCUT2D eigenvalue weighted by Crippen LogP contribution is 2.51. The van der Waals surface area contributed by atoms with Crippen LogP contribution in [0.4, 0.5) is 14.5 Å². The van der Waals surface area contributed by atoms with Crippen LogP contribution in [0.1, 0.15) is 48.5 Å². The molecule has 1 saturated carbocycles. The summed E-state index contributed by atoms with van der Waals surface area (Å²) in [5, 5.41) is 23.6. The lowest BCUT2D eigenvalue weighted by molar-refractivity contribution is -0.133. The zero-order valence-electron chi connectivity index (χ0n) is 17.5. The van der Waals surface area contributed by atoms with Gasteiger partial charge in [0.2, 0.25) is 0 Å². The van der Waals surface area contributed by atoms with Gasteiger partial charge in [0.05, 0.1) is 11.3 Å². The molecule has 0 aromatic heterocycles. The fourth-order valence-corrected chi connectivity index (χ4v) is 4.69. The molecule has 2 aromatic carbocycles. The van der Waals surface area contributed by atoms with Crippen LogP contribution >= 0.6 is 0 Å². The number of benzene rings is 2. The predicted octanol–water partition coefficient (Wildman–Crippen LogP) is 4.15. The van der Waals surface area contributed by atoms with Gasteiger partial charge in [0.15, 0.2) is 5.75 Å². The number of rotatable bonds is 5. The second kappa shape index (κ2) is 7.86. The first-order valence-corrected chi connectivity index (χ1v) is 10.7. The van der Waals surface area contributed by atoms with E-state index in [-0.39, 0.29) is 28.8 Å². The number of nitrogens with zero attached hydrogens (tertiary/aromatic N) is 1. The first-order valence-electron chi connectivity index (χ1n) is 10.7. The first kappa shape index (κ1) is 20.9. The minimum absolute atomic E-state index is 0.0134. The third-order valence-corrected chi connectivity index (χ3v) is 6.44. The monoisotopic (exact) mass is 442 g/mol. The molecule has 0 bridgehead atoms. The Morgan fingerprint density at radius 1 is 1.22 bits per heavy atom. The second-order valence-corrected chi connectivity index (χ2v) is 8.63. The first-order chi connectivity index (χ1) is 15.3. The highest BCUT2D eigenvalue weighted by atomic mass is 19.3. The van der Waals surface area contributed by atoms with Gasteiger partial charge in [0.1, 0.15) is 6.10 Å². The smallest absolute Gasteiger partial charge is 0.387 e. The van der Waals surface area contributed by atoms with E-state index in [2.05, 4.69) is 12.2 Å². The number of hydrogen-bond acceptors (Lipinski definition) is 5. The van der Waals surface area contributed by atoms with Gasteiger partial charge in [0, 0.05) is 36.5 Å².